The molecule has 0 fully saturated rings. The van der Waals surface area contributed by atoms with E-state index in [1.807, 2.05) is 19.9 Å². The van der Waals surface area contributed by atoms with E-state index in [9.17, 15) is 4.79 Å². The number of hydrogen-bond donors (Lipinski definition) is 0. The van der Waals surface area contributed by atoms with Gasteiger partial charge in [-0.3, -0.25) is 0 Å². The summed E-state index contributed by atoms with van der Waals surface area (Å²) in [6.45, 7) is 4.03. The van der Waals surface area contributed by atoms with E-state index in [1.54, 1.807) is 0 Å². The molecule has 0 aromatic carbocycles. The lowest BCUT2D eigenvalue weighted by atomic mass is 10.2. The van der Waals surface area contributed by atoms with Crippen molar-refractivity contribution >= 4 is 37.8 Å². The van der Waals surface area contributed by atoms with Gasteiger partial charge in [-0.2, -0.15) is 0 Å². The van der Waals surface area contributed by atoms with Crippen LogP contribution in [0.15, 0.2) is 20.6 Å². The largest absolute Gasteiger partial charge is 0.453 e. The minimum absolute atomic E-state index is 0.156. The van der Waals surface area contributed by atoms with Crippen LogP contribution in [0.2, 0.25) is 0 Å². The number of halogens is 2. The summed E-state index contributed by atoms with van der Waals surface area (Å²) in [5.41, 5.74) is 1.22. The monoisotopic (exact) mass is 308 g/mol. The first kappa shape index (κ1) is 11.0. The summed E-state index contributed by atoms with van der Waals surface area (Å²) >= 11 is 6.47. The molecule has 1 unspecified atom stereocenters. The highest BCUT2D eigenvalue weighted by molar-refractivity contribution is 9.14. The fourth-order valence-corrected chi connectivity index (χ4v) is 1.76. The van der Waals surface area contributed by atoms with Crippen molar-refractivity contribution in [3.63, 3.8) is 0 Å². The first-order valence-corrected chi connectivity index (χ1v) is 5.50. The first-order valence-electron chi connectivity index (χ1n) is 3.92. The van der Waals surface area contributed by atoms with Crippen LogP contribution in [0, 0.1) is 0 Å². The van der Waals surface area contributed by atoms with Crippen molar-refractivity contribution in [2.75, 3.05) is 0 Å². The van der Waals surface area contributed by atoms with E-state index in [1.165, 1.54) is 5.57 Å². The topological polar surface area (TPSA) is 26.3 Å². The second-order valence-electron chi connectivity index (χ2n) is 3.07. The van der Waals surface area contributed by atoms with Crippen LogP contribution in [0.5, 0.6) is 0 Å². The van der Waals surface area contributed by atoms with Gasteiger partial charge in [-0.15, -0.1) is 0 Å². The van der Waals surface area contributed by atoms with Crippen molar-refractivity contribution in [1.29, 1.82) is 0 Å². The van der Waals surface area contributed by atoms with Crippen LogP contribution in [0.1, 0.15) is 20.3 Å². The van der Waals surface area contributed by atoms with Gasteiger partial charge in [0.1, 0.15) is 10.6 Å². The van der Waals surface area contributed by atoms with Crippen molar-refractivity contribution in [2.45, 2.75) is 26.4 Å². The van der Waals surface area contributed by atoms with Crippen LogP contribution in [0.4, 0.5) is 0 Å². The molecule has 13 heavy (non-hydrogen) atoms. The Morgan fingerprint density at radius 2 is 2.15 bits per heavy atom. The van der Waals surface area contributed by atoms with Crippen molar-refractivity contribution in [1.82, 2.24) is 0 Å². The Labute approximate surface area is 94.3 Å². The van der Waals surface area contributed by atoms with Gasteiger partial charge in [0.05, 0.1) is 4.48 Å². The molecule has 1 heterocycles. The molecule has 2 nitrogen and oxygen atoms in total. The summed E-state index contributed by atoms with van der Waals surface area (Å²) in [6, 6.07) is 0. The number of cyclic esters (lactones) is 1. The predicted octanol–water partition coefficient (Wildman–Crippen LogP) is 3.27. The molecule has 0 saturated carbocycles. The molecule has 0 amide bonds. The zero-order chi connectivity index (χ0) is 10.0. The second kappa shape index (κ2) is 4.42. The van der Waals surface area contributed by atoms with E-state index in [0.717, 1.165) is 10.9 Å². The van der Waals surface area contributed by atoms with Gasteiger partial charge in [0.2, 0.25) is 0 Å². The molecule has 1 rings (SSSR count). The minimum Gasteiger partial charge on any atom is -0.453 e. The molecule has 1 aliphatic rings. The highest BCUT2D eigenvalue weighted by atomic mass is 79.9. The van der Waals surface area contributed by atoms with Gasteiger partial charge in [-0.1, -0.05) is 27.6 Å². The fraction of sp³-hybridized carbons (Fsp3) is 0.444. The third-order valence-corrected chi connectivity index (χ3v) is 3.85. The number of rotatable bonds is 2. The molecule has 0 N–H and O–H groups in total. The molecule has 0 saturated heterocycles. The zero-order valence-electron chi connectivity index (χ0n) is 7.43. The summed E-state index contributed by atoms with van der Waals surface area (Å²) in [6.07, 6.45) is 2.62. The van der Waals surface area contributed by atoms with Crippen molar-refractivity contribution in [2.24, 2.45) is 0 Å². The lowest BCUT2D eigenvalue weighted by molar-refractivity contribution is -0.138. The SMILES string of the molecule is CC(C)=CCC1OC(=O)C(Br)=C1Br. The number of hydrogen-bond acceptors (Lipinski definition) is 2. The van der Waals surface area contributed by atoms with E-state index in [2.05, 4.69) is 31.9 Å². The maximum Gasteiger partial charge on any atom is 0.346 e. The summed E-state index contributed by atoms with van der Waals surface area (Å²) in [7, 11) is 0. The fourth-order valence-electron chi connectivity index (χ4n) is 0.966. The standard InChI is InChI=1S/C9H10Br2O2/c1-5(2)3-4-6-7(10)8(11)9(12)13-6/h3,6H,4H2,1-2H3. The number of allylic oxidation sites excluding steroid dienone is 1. The van der Waals surface area contributed by atoms with Gasteiger partial charge >= 0.3 is 5.97 Å². The van der Waals surface area contributed by atoms with Crippen LogP contribution in [-0.2, 0) is 9.53 Å². The number of carbonyl (C=O) groups is 1. The van der Waals surface area contributed by atoms with Gasteiger partial charge in [-0.25, -0.2) is 4.79 Å². The Morgan fingerprint density at radius 1 is 1.54 bits per heavy atom. The van der Waals surface area contributed by atoms with Gasteiger partial charge in [0.15, 0.2) is 0 Å². The van der Waals surface area contributed by atoms with Gasteiger partial charge in [0.25, 0.3) is 0 Å². The summed E-state index contributed by atoms with van der Waals surface area (Å²) in [5.74, 6) is -0.293. The maximum absolute atomic E-state index is 11.1. The Bertz CT molecular complexity index is 288. The van der Waals surface area contributed by atoms with Crippen molar-refractivity contribution in [3.8, 4) is 0 Å². The molecule has 0 radical (unpaired) electrons. The highest BCUT2D eigenvalue weighted by Crippen LogP contribution is 2.33. The van der Waals surface area contributed by atoms with Crippen LogP contribution in [-0.4, -0.2) is 12.1 Å². The molecule has 0 bridgehead atoms. The Balaban J connectivity index is 2.66. The normalized spacial score (nSPS) is 21.8. The van der Waals surface area contributed by atoms with Crippen LogP contribution in [0.25, 0.3) is 0 Å². The molecular formula is C9H10Br2O2. The average molecular weight is 310 g/mol. The Morgan fingerprint density at radius 3 is 2.54 bits per heavy atom. The maximum atomic E-state index is 11.1. The second-order valence-corrected chi connectivity index (χ2v) is 4.72. The molecule has 4 heteroatoms. The van der Waals surface area contributed by atoms with Crippen LogP contribution in [0.3, 0.4) is 0 Å². The van der Waals surface area contributed by atoms with Crippen molar-refractivity contribution < 1.29 is 9.53 Å². The molecular weight excluding hydrogens is 300 g/mol. The van der Waals surface area contributed by atoms with E-state index in [0.29, 0.717) is 4.48 Å². The molecule has 72 valence electrons. The van der Waals surface area contributed by atoms with E-state index < -0.39 is 0 Å². The third-order valence-electron chi connectivity index (χ3n) is 1.66. The van der Waals surface area contributed by atoms with E-state index >= 15 is 0 Å². The summed E-state index contributed by atoms with van der Waals surface area (Å²) in [4.78, 5) is 11.1. The quantitative estimate of drug-likeness (QED) is 0.578. The molecule has 0 spiro atoms. The zero-order valence-corrected chi connectivity index (χ0v) is 10.6. The van der Waals surface area contributed by atoms with Crippen molar-refractivity contribution in [3.05, 3.63) is 20.6 Å². The summed E-state index contributed by atoms with van der Waals surface area (Å²) in [5, 5.41) is 0. The number of esters is 1. The lowest BCUT2D eigenvalue weighted by Gasteiger charge is -2.06. The van der Waals surface area contributed by atoms with E-state index in [-0.39, 0.29) is 12.1 Å². The lowest BCUT2D eigenvalue weighted by Crippen LogP contribution is -2.08. The third kappa shape index (κ3) is 2.68. The Hall–Kier alpha value is -0.0900. The minimum atomic E-state index is -0.293. The smallest absolute Gasteiger partial charge is 0.346 e. The molecule has 1 aliphatic heterocycles. The highest BCUT2D eigenvalue weighted by Gasteiger charge is 2.30. The number of ether oxygens (including phenoxy) is 1. The average Bonchev–Trinajstić information content (AvgIpc) is 2.29. The molecule has 1 atom stereocenters. The van der Waals surface area contributed by atoms with Gasteiger partial charge in [0, 0.05) is 6.42 Å². The summed E-state index contributed by atoms with van der Waals surface area (Å²) < 4.78 is 6.39. The van der Waals surface area contributed by atoms with Gasteiger partial charge < -0.3 is 4.74 Å². The Kier molecular flexibility index (Phi) is 3.74. The van der Waals surface area contributed by atoms with Gasteiger partial charge in [-0.05, 0) is 29.8 Å². The predicted molar refractivity (Wildman–Crippen MR) is 58.8 cm³/mol. The van der Waals surface area contributed by atoms with Crippen LogP contribution >= 0.6 is 31.9 Å². The molecule has 0 aliphatic carbocycles. The number of carbonyl (C=O) groups excluding carboxylic acids is 1. The molecule has 0 aromatic heterocycles. The van der Waals surface area contributed by atoms with Crippen LogP contribution < -0.4 is 0 Å². The first-order chi connectivity index (χ1) is 6.02. The molecule has 0 aromatic rings. The van der Waals surface area contributed by atoms with E-state index in [4.69, 9.17) is 4.74 Å².